The van der Waals surface area contributed by atoms with Crippen LogP contribution in [0.15, 0.2) is 46.1 Å². The maximum absolute atomic E-state index is 13.0. The molecule has 0 fully saturated rings. The molecule has 0 radical (unpaired) electrons. The first-order chi connectivity index (χ1) is 13.8. The number of Topliss-reactive ketones (excluding diaryl/α,β-unsaturated/α-hetero) is 1. The van der Waals surface area contributed by atoms with Gasteiger partial charge in [-0.05, 0) is 19.9 Å². The number of carbonyl (C=O) groups is 2. The largest absolute Gasteiger partial charge is 0.449 e. The van der Waals surface area contributed by atoms with Crippen LogP contribution < -0.4 is 0 Å². The molecule has 0 saturated heterocycles. The molecule has 1 unspecified atom stereocenters. The molecular weight excluding hydrogens is 396 g/mol. The molecule has 2 aliphatic heterocycles. The number of aromatic amines is 1. The van der Waals surface area contributed by atoms with Gasteiger partial charge in [-0.2, -0.15) is 0 Å². The van der Waals surface area contributed by atoms with Crippen molar-refractivity contribution in [2.24, 2.45) is 9.39 Å². The molecule has 1 atom stereocenters. The Labute approximate surface area is 166 Å². The molecule has 1 aromatic carbocycles. The lowest BCUT2D eigenvalue weighted by molar-refractivity contribution is -0.137. The molecule has 9 nitrogen and oxygen atoms in total. The fourth-order valence-electron chi connectivity index (χ4n) is 3.33. The number of carbonyl (C=O) groups excluding carboxylic acids is 2. The number of sulfonamides is 1. The predicted octanol–water partition coefficient (Wildman–Crippen LogP) is 1.56. The lowest BCUT2D eigenvalue weighted by Crippen LogP contribution is -2.45. The molecule has 2 aromatic rings. The molecule has 0 bridgehead atoms. The van der Waals surface area contributed by atoms with Crippen LogP contribution >= 0.6 is 0 Å². The van der Waals surface area contributed by atoms with Crippen LogP contribution in [0.25, 0.3) is 10.9 Å². The van der Waals surface area contributed by atoms with Crippen LogP contribution in [0.4, 0.5) is 0 Å². The molecule has 0 aliphatic carbocycles. The number of ether oxygens (including phenoxy) is 1. The fraction of sp³-hybridized carbons (Fsp3) is 0.263. The van der Waals surface area contributed by atoms with Crippen LogP contribution in [-0.4, -0.2) is 60.0 Å². The van der Waals surface area contributed by atoms with Gasteiger partial charge in [0.2, 0.25) is 5.78 Å². The van der Waals surface area contributed by atoms with Crippen molar-refractivity contribution < 1.29 is 22.7 Å². The Bertz CT molecular complexity index is 1220. The average molecular weight is 414 g/mol. The number of hydrogen-bond donors (Lipinski definition) is 1. The summed E-state index contributed by atoms with van der Waals surface area (Å²) in [5.74, 6) is -1.52. The minimum Gasteiger partial charge on any atom is -0.449 e. The lowest BCUT2D eigenvalue weighted by Gasteiger charge is -2.27. The van der Waals surface area contributed by atoms with Crippen LogP contribution in [0, 0.1) is 6.92 Å². The van der Waals surface area contributed by atoms with E-state index in [9.17, 15) is 18.0 Å². The first-order valence-corrected chi connectivity index (χ1v) is 10.5. The number of aromatic nitrogens is 1. The summed E-state index contributed by atoms with van der Waals surface area (Å²) < 4.78 is 32.6. The van der Waals surface area contributed by atoms with Crippen molar-refractivity contribution in [2.45, 2.75) is 20.0 Å². The second kappa shape index (κ2) is 6.96. The number of nitrogens with zero attached hydrogens (tertiary/aromatic N) is 3. The predicted molar refractivity (Wildman–Crippen MR) is 107 cm³/mol. The molecular formula is C19H18N4O5S. The van der Waals surface area contributed by atoms with Crippen LogP contribution in [0.2, 0.25) is 0 Å². The minimum absolute atomic E-state index is 0.0910. The van der Waals surface area contributed by atoms with E-state index in [-0.39, 0.29) is 29.6 Å². The summed E-state index contributed by atoms with van der Waals surface area (Å²) in [6.07, 6.45) is 1.81. The molecule has 10 heteroatoms. The third kappa shape index (κ3) is 3.46. The monoisotopic (exact) mass is 414 g/mol. The normalized spacial score (nSPS) is 18.6. The summed E-state index contributed by atoms with van der Waals surface area (Å²) in [5, 5.41) is 0.741. The highest BCUT2D eigenvalue weighted by atomic mass is 32.2. The van der Waals surface area contributed by atoms with Gasteiger partial charge in [-0.1, -0.05) is 18.2 Å². The second-order valence-corrected chi connectivity index (χ2v) is 8.51. The molecule has 2 aliphatic rings. The molecule has 150 valence electrons. The first kappa shape index (κ1) is 19.1. The number of benzene rings is 1. The SMILES string of the molecule is Cc1[nH]c2ccccc2c1C(=O)C(C)OC(=O)C1=NC=CN2CCS(=O)(=O)N=C12. The number of H-pyrrole nitrogens is 1. The number of para-hydroxylation sites is 1. The van der Waals surface area contributed by atoms with E-state index in [0.717, 1.165) is 10.9 Å². The van der Waals surface area contributed by atoms with Crippen molar-refractivity contribution in [1.29, 1.82) is 0 Å². The van der Waals surface area contributed by atoms with Crippen molar-refractivity contribution >= 4 is 44.2 Å². The standard InChI is InChI=1S/C19H18N4O5S/c1-11-15(13-5-3-4-6-14(13)21-11)17(24)12(2)28-19(25)16-18-22-29(26,27)10-9-23(18)8-7-20-16/h3-8,12,21H,9-10H2,1-2H3. The van der Waals surface area contributed by atoms with Crippen molar-refractivity contribution in [2.75, 3.05) is 12.3 Å². The second-order valence-electron chi connectivity index (χ2n) is 6.75. The maximum Gasteiger partial charge on any atom is 0.361 e. The fourth-order valence-corrected chi connectivity index (χ4v) is 4.30. The van der Waals surface area contributed by atoms with Crippen LogP contribution in [0.3, 0.4) is 0 Å². The Kier molecular flexibility index (Phi) is 4.58. The van der Waals surface area contributed by atoms with Crippen molar-refractivity contribution in [3.63, 3.8) is 0 Å². The molecule has 1 N–H and O–H groups in total. The zero-order valence-electron chi connectivity index (χ0n) is 15.7. The minimum atomic E-state index is -3.68. The summed E-state index contributed by atoms with van der Waals surface area (Å²) in [6.45, 7) is 3.40. The van der Waals surface area contributed by atoms with E-state index in [0.29, 0.717) is 11.3 Å². The molecule has 29 heavy (non-hydrogen) atoms. The van der Waals surface area contributed by atoms with Gasteiger partial charge < -0.3 is 14.6 Å². The summed E-state index contributed by atoms with van der Waals surface area (Å²) in [4.78, 5) is 34.2. The summed E-state index contributed by atoms with van der Waals surface area (Å²) in [5.41, 5.74) is 1.69. The van der Waals surface area contributed by atoms with Gasteiger partial charge in [0.05, 0.1) is 5.75 Å². The van der Waals surface area contributed by atoms with Crippen LogP contribution in [0.5, 0.6) is 0 Å². The lowest BCUT2D eigenvalue weighted by atomic mass is 10.0. The van der Waals surface area contributed by atoms with Gasteiger partial charge in [-0.3, -0.25) is 4.79 Å². The molecule has 4 rings (SSSR count). The Morgan fingerprint density at radius 3 is 2.83 bits per heavy atom. The van der Waals surface area contributed by atoms with E-state index in [1.807, 2.05) is 24.3 Å². The summed E-state index contributed by atoms with van der Waals surface area (Å²) in [7, 11) is -3.68. The van der Waals surface area contributed by atoms with Crippen LogP contribution in [-0.2, 0) is 19.6 Å². The number of amidine groups is 1. The van der Waals surface area contributed by atoms with E-state index in [4.69, 9.17) is 4.74 Å². The third-order valence-corrected chi connectivity index (χ3v) is 5.89. The molecule has 0 saturated carbocycles. The first-order valence-electron chi connectivity index (χ1n) is 8.93. The average Bonchev–Trinajstić information content (AvgIpc) is 3.01. The van der Waals surface area contributed by atoms with Gasteiger partial charge in [-0.15, -0.1) is 4.40 Å². The van der Waals surface area contributed by atoms with Crippen LogP contribution in [0.1, 0.15) is 23.0 Å². The number of fused-ring (bicyclic) bond motifs is 2. The van der Waals surface area contributed by atoms with E-state index in [1.165, 1.54) is 24.2 Å². The Morgan fingerprint density at radius 1 is 1.28 bits per heavy atom. The van der Waals surface area contributed by atoms with E-state index >= 15 is 0 Å². The highest BCUT2D eigenvalue weighted by Crippen LogP contribution is 2.24. The van der Waals surface area contributed by atoms with Gasteiger partial charge >= 0.3 is 5.97 Å². The highest BCUT2D eigenvalue weighted by molar-refractivity contribution is 7.90. The zero-order chi connectivity index (χ0) is 20.8. The van der Waals surface area contributed by atoms with Gasteiger partial charge in [0.15, 0.2) is 17.7 Å². The zero-order valence-corrected chi connectivity index (χ0v) is 16.6. The number of rotatable bonds is 4. The molecule has 0 amide bonds. The summed E-state index contributed by atoms with van der Waals surface area (Å²) in [6, 6.07) is 7.35. The number of aliphatic imine (C=N–C) groups is 1. The van der Waals surface area contributed by atoms with Gasteiger partial charge in [0.1, 0.15) is 0 Å². The Morgan fingerprint density at radius 2 is 2.03 bits per heavy atom. The summed E-state index contributed by atoms with van der Waals surface area (Å²) >= 11 is 0. The highest BCUT2D eigenvalue weighted by Gasteiger charge is 2.34. The molecule has 1 aromatic heterocycles. The number of nitrogens with one attached hydrogen (secondary N) is 1. The smallest absolute Gasteiger partial charge is 0.361 e. The maximum atomic E-state index is 13.0. The topological polar surface area (TPSA) is 121 Å². The quantitative estimate of drug-likeness (QED) is 0.599. The number of ketones is 1. The number of hydrogen-bond acceptors (Lipinski definition) is 7. The number of aryl methyl sites for hydroxylation is 1. The molecule has 0 spiro atoms. The Hall–Kier alpha value is -3.27. The van der Waals surface area contributed by atoms with E-state index in [1.54, 1.807) is 6.92 Å². The number of esters is 1. The van der Waals surface area contributed by atoms with Crippen molar-refractivity contribution in [1.82, 2.24) is 9.88 Å². The molecule has 3 heterocycles. The van der Waals surface area contributed by atoms with Gasteiger partial charge in [-0.25, -0.2) is 18.2 Å². The van der Waals surface area contributed by atoms with Crippen molar-refractivity contribution in [3.05, 3.63) is 47.9 Å². The van der Waals surface area contributed by atoms with Gasteiger partial charge in [0, 0.05) is 41.1 Å². The van der Waals surface area contributed by atoms with Gasteiger partial charge in [0.25, 0.3) is 10.0 Å². The van der Waals surface area contributed by atoms with E-state index < -0.39 is 22.1 Å². The van der Waals surface area contributed by atoms with Crippen molar-refractivity contribution in [3.8, 4) is 0 Å². The Balaban J connectivity index is 1.59. The van der Waals surface area contributed by atoms with E-state index in [2.05, 4.69) is 14.4 Å². The third-order valence-electron chi connectivity index (χ3n) is 4.74.